The average molecular weight is 478 g/mol. The second-order valence-corrected chi connectivity index (χ2v) is 8.84. The summed E-state index contributed by atoms with van der Waals surface area (Å²) in [7, 11) is -2.31. The predicted molar refractivity (Wildman–Crippen MR) is 122 cm³/mol. The van der Waals surface area contributed by atoms with Crippen molar-refractivity contribution < 1.29 is 22.3 Å². The Labute approximate surface area is 190 Å². The maximum absolute atomic E-state index is 13.4. The monoisotopic (exact) mass is 477 g/mol. The van der Waals surface area contributed by atoms with Crippen LogP contribution in [0, 0.1) is 5.82 Å². The lowest BCUT2D eigenvalue weighted by Gasteiger charge is -2.23. The molecule has 0 radical (unpaired) electrons. The van der Waals surface area contributed by atoms with E-state index in [-0.39, 0.29) is 18.0 Å². The van der Waals surface area contributed by atoms with Gasteiger partial charge in [-0.1, -0.05) is 11.6 Å². The molecule has 7 nitrogen and oxygen atoms in total. The van der Waals surface area contributed by atoms with Gasteiger partial charge in [-0.05, 0) is 72.8 Å². The van der Waals surface area contributed by atoms with Crippen molar-refractivity contribution >= 4 is 39.0 Å². The van der Waals surface area contributed by atoms with Crippen LogP contribution in [0.15, 0.2) is 77.7 Å². The molecule has 0 heterocycles. The molecule has 0 bridgehead atoms. The van der Waals surface area contributed by atoms with Gasteiger partial charge in [0, 0.05) is 29.5 Å². The minimum atomic E-state index is -3.80. The number of anilines is 2. The lowest BCUT2D eigenvalue weighted by atomic mass is 10.3. The summed E-state index contributed by atoms with van der Waals surface area (Å²) in [6, 6.07) is 17.3. The molecule has 0 saturated heterocycles. The normalized spacial score (nSPS) is 11.1. The Morgan fingerprint density at radius 1 is 1.00 bits per heavy atom. The minimum Gasteiger partial charge on any atom is -0.497 e. The molecule has 0 aliphatic rings. The molecule has 10 heteroatoms. The molecule has 168 valence electrons. The zero-order valence-corrected chi connectivity index (χ0v) is 18.7. The Balaban J connectivity index is 1.72. The average Bonchev–Trinajstić information content (AvgIpc) is 2.79. The van der Waals surface area contributed by atoms with E-state index in [9.17, 15) is 17.6 Å². The molecular formula is C22H21ClFN3O4S. The van der Waals surface area contributed by atoms with Crippen molar-refractivity contribution in [2.24, 2.45) is 0 Å². The van der Waals surface area contributed by atoms with E-state index in [1.54, 1.807) is 36.4 Å². The Morgan fingerprint density at radius 2 is 1.62 bits per heavy atom. The third-order valence-corrected chi connectivity index (χ3v) is 6.21. The maximum atomic E-state index is 13.4. The van der Waals surface area contributed by atoms with E-state index in [1.807, 2.05) is 0 Å². The van der Waals surface area contributed by atoms with Gasteiger partial charge in [-0.15, -0.1) is 0 Å². The van der Waals surface area contributed by atoms with E-state index in [4.69, 9.17) is 16.3 Å². The number of methoxy groups -OCH3 is 1. The highest BCUT2D eigenvalue weighted by molar-refractivity contribution is 7.89. The number of nitrogens with zero attached hydrogens (tertiary/aromatic N) is 1. The number of benzene rings is 3. The summed E-state index contributed by atoms with van der Waals surface area (Å²) in [5.74, 6) is 0.0809. The lowest BCUT2D eigenvalue weighted by Crippen LogP contribution is -2.41. The van der Waals surface area contributed by atoms with Gasteiger partial charge in [0.25, 0.3) is 0 Å². The number of hydrogen-bond donors (Lipinski definition) is 2. The summed E-state index contributed by atoms with van der Waals surface area (Å²) >= 11 is 5.87. The van der Waals surface area contributed by atoms with Crippen molar-refractivity contribution in [2.45, 2.75) is 4.90 Å². The van der Waals surface area contributed by atoms with Crippen LogP contribution < -0.4 is 19.7 Å². The van der Waals surface area contributed by atoms with Crippen LogP contribution in [0.4, 0.5) is 20.6 Å². The van der Waals surface area contributed by atoms with Crippen molar-refractivity contribution in [2.75, 3.05) is 30.4 Å². The Kier molecular flexibility index (Phi) is 7.68. The summed E-state index contributed by atoms with van der Waals surface area (Å²) in [5, 5.41) is 3.24. The van der Waals surface area contributed by atoms with Crippen molar-refractivity contribution in [3.05, 3.63) is 83.6 Å². The number of nitrogens with one attached hydrogen (secondary N) is 2. The van der Waals surface area contributed by atoms with Gasteiger partial charge in [0.1, 0.15) is 11.6 Å². The van der Waals surface area contributed by atoms with E-state index in [0.29, 0.717) is 22.1 Å². The summed E-state index contributed by atoms with van der Waals surface area (Å²) in [4.78, 5) is 14.3. The number of rotatable bonds is 8. The molecule has 0 spiro atoms. The number of amides is 2. The van der Waals surface area contributed by atoms with Gasteiger partial charge in [0.05, 0.1) is 12.0 Å². The van der Waals surface area contributed by atoms with Gasteiger partial charge < -0.3 is 10.1 Å². The van der Waals surface area contributed by atoms with Crippen LogP contribution in [0.5, 0.6) is 5.75 Å². The van der Waals surface area contributed by atoms with E-state index < -0.39 is 21.9 Å². The highest BCUT2D eigenvalue weighted by atomic mass is 35.5. The van der Waals surface area contributed by atoms with Crippen LogP contribution in [0.2, 0.25) is 5.02 Å². The van der Waals surface area contributed by atoms with Crippen LogP contribution in [0.1, 0.15) is 0 Å². The molecule has 32 heavy (non-hydrogen) atoms. The number of halogens is 2. The second-order valence-electron chi connectivity index (χ2n) is 6.64. The molecule has 3 rings (SSSR count). The van der Waals surface area contributed by atoms with Crippen LogP contribution in [0.3, 0.4) is 0 Å². The first-order valence-corrected chi connectivity index (χ1v) is 11.4. The molecular weight excluding hydrogens is 457 g/mol. The van der Waals surface area contributed by atoms with Crippen LogP contribution >= 0.6 is 11.6 Å². The van der Waals surface area contributed by atoms with E-state index in [0.717, 1.165) is 0 Å². The van der Waals surface area contributed by atoms with Crippen LogP contribution in [-0.2, 0) is 10.0 Å². The van der Waals surface area contributed by atoms with Crippen molar-refractivity contribution in [1.82, 2.24) is 4.72 Å². The molecule has 0 aliphatic carbocycles. The van der Waals surface area contributed by atoms with Crippen LogP contribution in [0.25, 0.3) is 0 Å². The zero-order valence-electron chi connectivity index (χ0n) is 17.1. The highest BCUT2D eigenvalue weighted by Gasteiger charge is 2.19. The molecule has 0 fully saturated rings. The van der Waals surface area contributed by atoms with E-state index in [2.05, 4.69) is 10.0 Å². The lowest BCUT2D eigenvalue weighted by molar-refractivity contribution is 0.257. The first-order chi connectivity index (χ1) is 15.3. The van der Waals surface area contributed by atoms with Crippen molar-refractivity contribution in [3.8, 4) is 5.75 Å². The Morgan fingerprint density at radius 3 is 2.22 bits per heavy atom. The fourth-order valence-corrected chi connectivity index (χ4v) is 3.97. The number of carbonyl (C=O) groups excluding carboxylic acids is 1. The molecule has 0 atom stereocenters. The third kappa shape index (κ3) is 6.19. The van der Waals surface area contributed by atoms with Gasteiger partial charge >= 0.3 is 6.03 Å². The fourth-order valence-electron chi connectivity index (χ4n) is 2.82. The summed E-state index contributed by atoms with van der Waals surface area (Å²) in [6.07, 6.45) is 0. The zero-order chi connectivity index (χ0) is 23.1. The second kappa shape index (κ2) is 10.4. The van der Waals surface area contributed by atoms with E-state index in [1.165, 1.54) is 48.4 Å². The molecule has 3 aromatic rings. The smallest absolute Gasteiger partial charge is 0.326 e. The van der Waals surface area contributed by atoms with Gasteiger partial charge in [-0.2, -0.15) is 0 Å². The van der Waals surface area contributed by atoms with E-state index >= 15 is 0 Å². The van der Waals surface area contributed by atoms with Gasteiger partial charge in [-0.3, -0.25) is 4.90 Å². The molecule has 0 unspecified atom stereocenters. The molecule has 2 N–H and O–H groups in total. The molecule has 0 aromatic heterocycles. The number of hydrogen-bond acceptors (Lipinski definition) is 4. The molecule has 0 aliphatic heterocycles. The van der Waals surface area contributed by atoms with Gasteiger partial charge in [0.2, 0.25) is 10.0 Å². The topological polar surface area (TPSA) is 87.7 Å². The standard InChI is InChI=1S/C22H21ClFN3O4S/c1-31-20-10-12-21(13-11-20)32(29,30)25-14-15-27(19-8-4-17(24)5-9-19)22(28)26-18-6-2-16(23)3-7-18/h2-13,25H,14-15H2,1H3,(H,26,28). The predicted octanol–water partition coefficient (Wildman–Crippen LogP) is 4.50. The summed E-state index contributed by atoms with van der Waals surface area (Å²) in [6.45, 7) is -0.0692. The third-order valence-electron chi connectivity index (χ3n) is 4.48. The quantitative estimate of drug-likeness (QED) is 0.500. The number of carbonyl (C=O) groups is 1. The van der Waals surface area contributed by atoms with Gasteiger partial charge in [0.15, 0.2) is 0 Å². The molecule has 2 amide bonds. The van der Waals surface area contributed by atoms with Crippen molar-refractivity contribution in [3.63, 3.8) is 0 Å². The Bertz CT molecular complexity index is 1160. The van der Waals surface area contributed by atoms with Gasteiger partial charge in [-0.25, -0.2) is 22.3 Å². The first-order valence-electron chi connectivity index (χ1n) is 9.52. The SMILES string of the molecule is COc1ccc(S(=O)(=O)NCCN(C(=O)Nc2ccc(Cl)cc2)c2ccc(F)cc2)cc1. The summed E-state index contributed by atoms with van der Waals surface area (Å²) in [5.41, 5.74) is 0.909. The number of urea groups is 1. The highest BCUT2D eigenvalue weighted by Crippen LogP contribution is 2.19. The summed E-state index contributed by atoms with van der Waals surface area (Å²) < 4.78 is 46.0. The first kappa shape index (κ1) is 23.5. The number of ether oxygens (including phenoxy) is 1. The maximum Gasteiger partial charge on any atom is 0.326 e. The fraction of sp³-hybridized carbons (Fsp3) is 0.136. The largest absolute Gasteiger partial charge is 0.497 e. The Hall–Kier alpha value is -3.14. The van der Waals surface area contributed by atoms with Crippen molar-refractivity contribution in [1.29, 1.82) is 0 Å². The number of sulfonamides is 1. The molecule has 3 aromatic carbocycles. The molecule has 0 saturated carbocycles. The minimum absolute atomic E-state index is 0.000437. The van der Waals surface area contributed by atoms with Crippen LogP contribution in [-0.4, -0.2) is 34.6 Å².